The van der Waals surface area contributed by atoms with Crippen molar-refractivity contribution in [3.8, 4) is 0 Å². The quantitative estimate of drug-likeness (QED) is 0.878. The lowest BCUT2D eigenvalue weighted by atomic mass is 10.1. The molecule has 0 aliphatic heterocycles. The fourth-order valence-electron chi connectivity index (χ4n) is 2.05. The van der Waals surface area contributed by atoms with Crippen LogP contribution in [0.4, 0.5) is 0 Å². The minimum atomic E-state index is -3.52. The molecule has 6 nitrogen and oxygen atoms in total. The van der Waals surface area contributed by atoms with Crippen LogP contribution in [-0.4, -0.2) is 24.6 Å². The van der Waals surface area contributed by atoms with Gasteiger partial charge in [-0.15, -0.1) is 11.3 Å². The zero-order valence-electron chi connectivity index (χ0n) is 12.5. The normalized spacial score (nSPS) is 13.5. The van der Waals surface area contributed by atoms with Crippen LogP contribution in [-0.2, 0) is 22.9 Å². The van der Waals surface area contributed by atoms with E-state index in [1.165, 1.54) is 17.5 Å². The van der Waals surface area contributed by atoms with E-state index in [0.29, 0.717) is 6.42 Å². The summed E-state index contributed by atoms with van der Waals surface area (Å²) in [5, 5.41) is 4.69. The van der Waals surface area contributed by atoms with Crippen LogP contribution in [0.15, 0.2) is 14.9 Å². The maximum Gasteiger partial charge on any atom is 0.251 e. The van der Waals surface area contributed by atoms with E-state index < -0.39 is 10.0 Å². The summed E-state index contributed by atoms with van der Waals surface area (Å²) in [7, 11) is -3.52. The molecule has 8 heteroatoms. The van der Waals surface area contributed by atoms with Crippen molar-refractivity contribution >= 4 is 21.4 Å². The number of rotatable bonds is 6. The Morgan fingerprint density at radius 1 is 1.43 bits per heavy atom. The number of hydrogen-bond acceptors (Lipinski definition) is 6. The third kappa shape index (κ3) is 3.69. The molecular formula is C13H19N3O3S2. The summed E-state index contributed by atoms with van der Waals surface area (Å²) in [6, 6.07) is -0.251. The van der Waals surface area contributed by atoms with Gasteiger partial charge in [-0.05, 0) is 33.6 Å². The lowest BCUT2D eigenvalue weighted by molar-refractivity contribution is 0.392. The zero-order chi connectivity index (χ0) is 15.6. The second-order valence-electron chi connectivity index (χ2n) is 4.96. The fraction of sp³-hybridized carbons (Fsp3) is 0.538. The van der Waals surface area contributed by atoms with Gasteiger partial charge in [0.15, 0.2) is 4.21 Å². The predicted molar refractivity (Wildman–Crippen MR) is 81.0 cm³/mol. The summed E-state index contributed by atoms with van der Waals surface area (Å²) in [6.07, 6.45) is 2.68. The summed E-state index contributed by atoms with van der Waals surface area (Å²) in [5.41, 5.74) is 1.74. The highest BCUT2D eigenvalue weighted by molar-refractivity contribution is 7.91. The van der Waals surface area contributed by atoms with Crippen LogP contribution in [0.5, 0.6) is 0 Å². The predicted octanol–water partition coefficient (Wildman–Crippen LogP) is 2.22. The molecule has 1 atom stereocenters. The fourth-order valence-corrected chi connectivity index (χ4v) is 4.43. The van der Waals surface area contributed by atoms with E-state index in [-0.39, 0.29) is 10.3 Å². The van der Waals surface area contributed by atoms with Crippen LogP contribution in [0.3, 0.4) is 0 Å². The molecule has 1 N–H and O–H groups in total. The van der Waals surface area contributed by atoms with Crippen LogP contribution < -0.4 is 4.72 Å². The highest BCUT2D eigenvalue weighted by Crippen LogP contribution is 2.20. The molecule has 0 aliphatic rings. The number of aryl methyl sites for hydroxylation is 3. The molecule has 2 heterocycles. The SMILES string of the molecule is CCc1ncc(S(=O)(=O)N[C@@H](C)Cc2c(C)noc2C)s1. The summed E-state index contributed by atoms with van der Waals surface area (Å²) in [5.74, 6) is 0.726. The Morgan fingerprint density at radius 3 is 2.67 bits per heavy atom. The van der Waals surface area contributed by atoms with E-state index in [1.54, 1.807) is 0 Å². The van der Waals surface area contributed by atoms with Gasteiger partial charge in [0.05, 0.1) is 16.9 Å². The molecule has 0 saturated heterocycles. The highest BCUT2D eigenvalue weighted by Gasteiger charge is 2.22. The molecule has 0 aliphatic carbocycles. The second-order valence-corrected chi connectivity index (χ2v) is 8.01. The highest BCUT2D eigenvalue weighted by atomic mass is 32.2. The van der Waals surface area contributed by atoms with Crippen LogP contribution in [0, 0.1) is 13.8 Å². The van der Waals surface area contributed by atoms with E-state index >= 15 is 0 Å². The number of aromatic nitrogens is 2. The molecule has 0 aromatic carbocycles. The Labute approximate surface area is 128 Å². The number of hydrogen-bond donors (Lipinski definition) is 1. The van der Waals surface area contributed by atoms with Crippen LogP contribution in [0.25, 0.3) is 0 Å². The standard InChI is InChI=1S/C13H19N3O3S2/c1-5-12-14-7-13(20-12)21(17,18)16-8(2)6-11-9(3)15-19-10(11)4/h7-8,16H,5-6H2,1-4H3/t8-/m0/s1. The van der Waals surface area contributed by atoms with Gasteiger partial charge in [0.1, 0.15) is 5.76 Å². The molecule has 2 aromatic heterocycles. The largest absolute Gasteiger partial charge is 0.361 e. The van der Waals surface area contributed by atoms with Gasteiger partial charge >= 0.3 is 0 Å². The number of sulfonamides is 1. The first-order valence-electron chi connectivity index (χ1n) is 6.72. The summed E-state index contributed by atoms with van der Waals surface area (Å²) in [4.78, 5) is 4.09. The van der Waals surface area contributed by atoms with Gasteiger partial charge in [0, 0.05) is 11.6 Å². The van der Waals surface area contributed by atoms with Crippen molar-refractivity contribution < 1.29 is 12.9 Å². The van der Waals surface area contributed by atoms with Crippen molar-refractivity contribution in [3.63, 3.8) is 0 Å². The molecule has 21 heavy (non-hydrogen) atoms. The van der Waals surface area contributed by atoms with E-state index in [0.717, 1.165) is 28.4 Å². The first-order valence-corrected chi connectivity index (χ1v) is 9.02. The van der Waals surface area contributed by atoms with Gasteiger partial charge < -0.3 is 4.52 Å². The van der Waals surface area contributed by atoms with Crippen molar-refractivity contribution in [2.45, 2.75) is 50.8 Å². The minimum Gasteiger partial charge on any atom is -0.361 e. The average molecular weight is 329 g/mol. The van der Waals surface area contributed by atoms with Gasteiger partial charge in [-0.3, -0.25) is 0 Å². The Bertz CT molecular complexity index is 699. The second kappa shape index (κ2) is 6.25. The Morgan fingerprint density at radius 2 is 2.14 bits per heavy atom. The van der Waals surface area contributed by atoms with Crippen molar-refractivity contribution in [3.05, 3.63) is 28.2 Å². The topological polar surface area (TPSA) is 85.1 Å². The third-order valence-electron chi connectivity index (χ3n) is 3.15. The Hall–Kier alpha value is -1.25. The van der Waals surface area contributed by atoms with E-state index in [4.69, 9.17) is 4.52 Å². The molecule has 0 unspecified atom stereocenters. The monoisotopic (exact) mass is 329 g/mol. The Balaban J connectivity index is 2.09. The van der Waals surface area contributed by atoms with Gasteiger partial charge in [-0.1, -0.05) is 12.1 Å². The van der Waals surface area contributed by atoms with Crippen molar-refractivity contribution in [2.75, 3.05) is 0 Å². The van der Waals surface area contributed by atoms with Crippen LogP contribution >= 0.6 is 11.3 Å². The van der Waals surface area contributed by atoms with E-state index in [9.17, 15) is 8.42 Å². The van der Waals surface area contributed by atoms with Crippen LogP contribution in [0.2, 0.25) is 0 Å². The minimum absolute atomic E-state index is 0.251. The maximum atomic E-state index is 12.3. The summed E-state index contributed by atoms with van der Waals surface area (Å²) in [6.45, 7) is 7.45. The van der Waals surface area contributed by atoms with Crippen molar-refractivity contribution in [1.29, 1.82) is 0 Å². The van der Waals surface area contributed by atoms with E-state index in [1.807, 2.05) is 27.7 Å². The Kier molecular flexibility index (Phi) is 4.80. The molecule has 2 aromatic rings. The zero-order valence-corrected chi connectivity index (χ0v) is 14.1. The van der Waals surface area contributed by atoms with Gasteiger partial charge in [-0.25, -0.2) is 18.1 Å². The van der Waals surface area contributed by atoms with Gasteiger partial charge in [0.25, 0.3) is 10.0 Å². The molecule has 0 saturated carbocycles. The first-order chi connectivity index (χ1) is 9.83. The first kappa shape index (κ1) is 16.1. The molecular weight excluding hydrogens is 310 g/mol. The third-order valence-corrected chi connectivity index (χ3v) is 6.34. The number of nitrogens with one attached hydrogen (secondary N) is 1. The van der Waals surface area contributed by atoms with Gasteiger partial charge in [-0.2, -0.15) is 0 Å². The molecule has 0 radical (unpaired) electrons. The lowest BCUT2D eigenvalue weighted by Gasteiger charge is -2.12. The van der Waals surface area contributed by atoms with E-state index in [2.05, 4.69) is 14.9 Å². The summed E-state index contributed by atoms with van der Waals surface area (Å²) < 4.78 is 32.6. The number of nitrogens with zero attached hydrogens (tertiary/aromatic N) is 2. The number of thiazole rings is 1. The smallest absolute Gasteiger partial charge is 0.251 e. The molecule has 0 bridgehead atoms. The van der Waals surface area contributed by atoms with Crippen molar-refractivity contribution in [1.82, 2.24) is 14.9 Å². The van der Waals surface area contributed by atoms with Crippen LogP contribution in [0.1, 0.15) is 35.9 Å². The lowest BCUT2D eigenvalue weighted by Crippen LogP contribution is -2.33. The maximum absolute atomic E-state index is 12.3. The molecule has 116 valence electrons. The van der Waals surface area contributed by atoms with Crippen molar-refractivity contribution in [2.24, 2.45) is 0 Å². The molecule has 0 fully saturated rings. The molecule has 2 rings (SSSR count). The van der Waals surface area contributed by atoms with Gasteiger partial charge in [0.2, 0.25) is 0 Å². The molecule has 0 amide bonds. The average Bonchev–Trinajstić information content (AvgIpc) is 3.00. The molecule has 0 spiro atoms. The summed E-state index contributed by atoms with van der Waals surface area (Å²) >= 11 is 1.20.